The standard InChI is InChI=1S/C17H28N2S/c1-5-16(18)17(15-9-7-6-8-12(15)2)19-10-11-20-14(4)13(19)3/h6-9,13-14,16-17H,5,10-11,18H2,1-4H3. The van der Waals surface area contributed by atoms with Gasteiger partial charge in [-0.05, 0) is 31.4 Å². The highest BCUT2D eigenvalue weighted by Gasteiger charge is 2.34. The van der Waals surface area contributed by atoms with Crippen LogP contribution in [0, 0.1) is 6.92 Å². The van der Waals surface area contributed by atoms with E-state index in [4.69, 9.17) is 5.73 Å². The molecule has 3 heteroatoms. The predicted octanol–water partition coefficient (Wildman–Crippen LogP) is 3.60. The molecule has 1 saturated heterocycles. The fourth-order valence-corrected chi connectivity index (χ4v) is 4.27. The molecule has 1 fully saturated rings. The summed E-state index contributed by atoms with van der Waals surface area (Å²) in [5.41, 5.74) is 9.28. The Morgan fingerprint density at radius 2 is 2.05 bits per heavy atom. The van der Waals surface area contributed by atoms with Crippen molar-refractivity contribution in [2.24, 2.45) is 5.73 Å². The van der Waals surface area contributed by atoms with E-state index in [0.29, 0.717) is 17.3 Å². The second kappa shape index (κ2) is 6.97. The van der Waals surface area contributed by atoms with Crippen molar-refractivity contribution in [1.29, 1.82) is 0 Å². The van der Waals surface area contributed by atoms with Gasteiger partial charge in [-0.25, -0.2) is 0 Å². The summed E-state index contributed by atoms with van der Waals surface area (Å²) in [4.78, 5) is 2.64. The van der Waals surface area contributed by atoms with Gasteiger partial charge >= 0.3 is 0 Å². The van der Waals surface area contributed by atoms with Crippen molar-refractivity contribution in [3.8, 4) is 0 Å². The molecule has 112 valence electrons. The first-order valence-corrected chi connectivity index (χ1v) is 8.79. The summed E-state index contributed by atoms with van der Waals surface area (Å²) in [5.74, 6) is 1.21. The monoisotopic (exact) mass is 292 g/mol. The van der Waals surface area contributed by atoms with Gasteiger partial charge in [-0.15, -0.1) is 0 Å². The second-order valence-electron chi connectivity index (χ2n) is 5.93. The van der Waals surface area contributed by atoms with Crippen molar-refractivity contribution in [2.75, 3.05) is 12.3 Å². The lowest BCUT2D eigenvalue weighted by atomic mass is 9.91. The fraction of sp³-hybridized carbons (Fsp3) is 0.647. The zero-order valence-electron chi connectivity index (χ0n) is 13.2. The summed E-state index contributed by atoms with van der Waals surface area (Å²) in [6.45, 7) is 10.2. The third-order valence-corrected chi connectivity index (χ3v) is 6.01. The molecular formula is C17H28N2S. The van der Waals surface area contributed by atoms with Crippen LogP contribution >= 0.6 is 11.8 Å². The van der Waals surface area contributed by atoms with Gasteiger partial charge in [-0.2, -0.15) is 11.8 Å². The van der Waals surface area contributed by atoms with Crippen molar-refractivity contribution in [2.45, 2.75) is 57.5 Å². The van der Waals surface area contributed by atoms with Gasteiger partial charge in [0.2, 0.25) is 0 Å². The largest absolute Gasteiger partial charge is 0.326 e. The van der Waals surface area contributed by atoms with E-state index >= 15 is 0 Å². The third kappa shape index (κ3) is 3.21. The summed E-state index contributed by atoms with van der Waals surface area (Å²) < 4.78 is 0. The minimum absolute atomic E-state index is 0.203. The molecule has 0 spiro atoms. The van der Waals surface area contributed by atoms with E-state index < -0.39 is 0 Å². The van der Waals surface area contributed by atoms with E-state index in [-0.39, 0.29) is 6.04 Å². The van der Waals surface area contributed by atoms with Gasteiger partial charge in [0.05, 0.1) is 6.04 Å². The van der Waals surface area contributed by atoms with Gasteiger partial charge in [0.15, 0.2) is 0 Å². The Labute approximate surface area is 128 Å². The minimum Gasteiger partial charge on any atom is -0.326 e. The number of aryl methyl sites for hydroxylation is 1. The lowest BCUT2D eigenvalue weighted by Crippen LogP contribution is -2.51. The lowest BCUT2D eigenvalue weighted by Gasteiger charge is -2.45. The predicted molar refractivity (Wildman–Crippen MR) is 90.3 cm³/mol. The molecule has 0 aromatic heterocycles. The molecule has 1 aromatic rings. The third-order valence-electron chi connectivity index (χ3n) is 4.67. The minimum atomic E-state index is 0.203. The number of benzene rings is 1. The Hall–Kier alpha value is -0.510. The normalized spacial score (nSPS) is 27.2. The molecular weight excluding hydrogens is 264 g/mol. The summed E-state index contributed by atoms with van der Waals surface area (Å²) in [5, 5.41) is 0.680. The molecule has 1 aliphatic rings. The van der Waals surface area contributed by atoms with Crippen LogP contribution in [-0.4, -0.2) is 34.5 Å². The molecule has 4 unspecified atom stereocenters. The van der Waals surface area contributed by atoms with Gasteiger partial charge in [-0.3, -0.25) is 4.90 Å². The number of nitrogens with two attached hydrogens (primary N) is 1. The van der Waals surface area contributed by atoms with Crippen molar-refractivity contribution >= 4 is 11.8 Å². The van der Waals surface area contributed by atoms with E-state index in [1.54, 1.807) is 0 Å². The van der Waals surface area contributed by atoms with Crippen LogP contribution in [0.5, 0.6) is 0 Å². The van der Waals surface area contributed by atoms with E-state index in [2.05, 4.69) is 68.6 Å². The zero-order valence-corrected chi connectivity index (χ0v) is 14.0. The number of nitrogens with zero attached hydrogens (tertiary/aromatic N) is 1. The molecule has 4 atom stereocenters. The first-order chi connectivity index (χ1) is 9.56. The Bertz CT molecular complexity index is 435. The van der Waals surface area contributed by atoms with Gasteiger partial charge < -0.3 is 5.73 Å². The summed E-state index contributed by atoms with van der Waals surface area (Å²) in [6.07, 6.45) is 1.02. The highest BCUT2D eigenvalue weighted by atomic mass is 32.2. The van der Waals surface area contributed by atoms with Crippen LogP contribution < -0.4 is 5.73 Å². The van der Waals surface area contributed by atoms with Crippen LogP contribution in [0.15, 0.2) is 24.3 Å². The molecule has 0 aliphatic carbocycles. The first kappa shape index (κ1) is 15.9. The Balaban J connectivity index is 2.35. The van der Waals surface area contributed by atoms with Crippen molar-refractivity contribution in [3.05, 3.63) is 35.4 Å². The Kier molecular flexibility index (Phi) is 5.53. The highest BCUT2D eigenvalue weighted by Crippen LogP contribution is 2.35. The molecule has 0 amide bonds. The Morgan fingerprint density at radius 1 is 1.35 bits per heavy atom. The molecule has 2 N–H and O–H groups in total. The van der Waals surface area contributed by atoms with Gasteiger partial charge in [0, 0.05) is 29.6 Å². The van der Waals surface area contributed by atoms with Crippen LogP contribution in [0.4, 0.5) is 0 Å². The summed E-state index contributed by atoms with van der Waals surface area (Å²) in [6, 6.07) is 9.85. The molecule has 1 aliphatic heterocycles. The average molecular weight is 292 g/mol. The van der Waals surface area contributed by atoms with Crippen molar-refractivity contribution in [1.82, 2.24) is 4.90 Å². The molecule has 1 aromatic carbocycles. The van der Waals surface area contributed by atoms with Crippen molar-refractivity contribution in [3.63, 3.8) is 0 Å². The van der Waals surface area contributed by atoms with Crippen LogP contribution in [0.1, 0.15) is 44.4 Å². The topological polar surface area (TPSA) is 29.3 Å². The van der Waals surface area contributed by atoms with Crippen molar-refractivity contribution < 1.29 is 0 Å². The molecule has 1 heterocycles. The zero-order chi connectivity index (χ0) is 14.7. The number of rotatable bonds is 4. The molecule has 20 heavy (non-hydrogen) atoms. The molecule has 2 rings (SSSR count). The second-order valence-corrected chi connectivity index (χ2v) is 7.41. The molecule has 2 nitrogen and oxygen atoms in total. The summed E-state index contributed by atoms with van der Waals surface area (Å²) in [7, 11) is 0. The van der Waals surface area contributed by atoms with Crippen LogP contribution in [-0.2, 0) is 0 Å². The highest BCUT2D eigenvalue weighted by molar-refractivity contribution is 8.00. The first-order valence-electron chi connectivity index (χ1n) is 7.74. The molecule has 0 radical (unpaired) electrons. The average Bonchev–Trinajstić information content (AvgIpc) is 2.45. The molecule has 0 bridgehead atoms. The maximum Gasteiger partial charge on any atom is 0.0505 e. The molecule has 0 saturated carbocycles. The van der Waals surface area contributed by atoms with Crippen LogP contribution in [0.2, 0.25) is 0 Å². The van der Waals surface area contributed by atoms with E-state index in [0.717, 1.165) is 13.0 Å². The number of hydrogen-bond donors (Lipinski definition) is 1. The fourth-order valence-electron chi connectivity index (χ4n) is 3.15. The van der Waals surface area contributed by atoms with Crippen LogP contribution in [0.25, 0.3) is 0 Å². The smallest absolute Gasteiger partial charge is 0.0505 e. The lowest BCUT2D eigenvalue weighted by molar-refractivity contribution is 0.124. The summed E-state index contributed by atoms with van der Waals surface area (Å²) >= 11 is 2.08. The van der Waals surface area contributed by atoms with E-state index in [9.17, 15) is 0 Å². The Morgan fingerprint density at radius 3 is 2.70 bits per heavy atom. The van der Waals surface area contributed by atoms with Gasteiger partial charge in [0.1, 0.15) is 0 Å². The van der Waals surface area contributed by atoms with Crippen LogP contribution in [0.3, 0.4) is 0 Å². The van der Waals surface area contributed by atoms with Gasteiger partial charge in [0.25, 0.3) is 0 Å². The number of hydrogen-bond acceptors (Lipinski definition) is 3. The maximum atomic E-state index is 6.51. The van der Waals surface area contributed by atoms with E-state index in [1.165, 1.54) is 16.9 Å². The SMILES string of the molecule is CCC(N)C(c1ccccc1C)N1CCSC(C)C1C. The maximum absolute atomic E-state index is 6.51. The quantitative estimate of drug-likeness (QED) is 0.919. The number of thioether (sulfide) groups is 1. The van der Waals surface area contributed by atoms with E-state index in [1.807, 2.05) is 0 Å². The van der Waals surface area contributed by atoms with Gasteiger partial charge in [-0.1, -0.05) is 38.1 Å².